The van der Waals surface area contributed by atoms with E-state index in [1.54, 1.807) is 6.07 Å². The lowest BCUT2D eigenvalue weighted by molar-refractivity contribution is -0.140. The molecule has 30 heavy (non-hydrogen) atoms. The molecular formula is C19H36N4O7. The molecule has 0 bridgehead atoms. The van der Waals surface area contributed by atoms with Crippen molar-refractivity contribution in [3.8, 4) is 6.07 Å². The summed E-state index contributed by atoms with van der Waals surface area (Å²) in [5.74, 6) is -2.16. The topological polar surface area (TPSA) is 172 Å². The third-order valence-corrected chi connectivity index (χ3v) is 2.05. The molecular weight excluding hydrogens is 398 g/mol. The van der Waals surface area contributed by atoms with Crippen LogP contribution in [0.1, 0.15) is 49.0 Å². The number of hydrogen-bond donors (Lipinski definition) is 5. The van der Waals surface area contributed by atoms with E-state index in [0.29, 0.717) is 0 Å². The van der Waals surface area contributed by atoms with Crippen molar-refractivity contribution in [2.24, 2.45) is 0 Å². The van der Waals surface area contributed by atoms with Crippen molar-refractivity contribution < 1.29 is 35.1 Å². The van der Waals surface area contributed by atoms with E-state index in [-0.39, 0.29) is 68.6 Å². The van der Waals surface area contributed by atoms with Gasteiger partial charge in [-0.05, 0) is 0 Å². The number of nitrogens with zero attached hydrogens (tertiary/aromatic N) is 4. The number of carbonyl (C=O) groups is 2. The zero-order valence-corrected chi connectivity index (χ0v) is 13.8. The highest BCUT2D eigenvalue weighted by molar-refractivity contribution is 5.67. The number of rotatable bonds is 8. The molecule has 0 unspecified atom stereocenters. The fourth-order valence-corrected chi connectivity index (χ4v) is 1.02. The first-order valence-electron chi connectivity index (χ1n) is 6.98. The Bertz CT molecular complexity index is 521. The van der Waals surface area contributed by atoms with Crippen LogP contribution in [0.2, 0.25) is 0 Å². The normalized spacial score (nSPS) is 10.2. The van der Waals surface area contributed by atoms with E-state index in [1.807, 2.05) is 0 Å². The SMILES string of the molecule is C.C.C.C.[C-]#[15N+]C[C@@H](O)CC#N.[C-]#[15N+]C[C@@H](O)CC(=O)O.[C-]#[N+]C[C@H](O)CC(=O)O. The van der Waals surface area contributed by atoms with Crippen molar-refractivity contribution >= 4 is 11.9 Å². The number of aliphatic hydroxyl groups excluding tert-OH is 3. The number of aliphatic hydroxyl groups is 3. The van der Waals surface area contributed by atoms with Gasteiger partial charge >= 0.3 is 11.9 Å². The van der Waals surface area contributed by atoms with Crippen LogP contribution in [0.25, 0.3) is 14.5 Å². The third kappa shape index (κ3) is 49.8. The summed E-state index contributed by atoms with van der Waals surface area (Å²) in [6, 6.07) is 1.76. The molecule has 174 valence electrons. The second-order valence-corrected chi connectivity index (χ2v) is 4.54. The van der Waals surface area contributed by atoms with Gasteiger partial charge in [-0.1, -0.05) is 29.7 Å². The van der Waals surface area contributed by atoms with Crippen molar-refractivity contribution in [1.82, 2.24) is 0 Å². The van der Waals surface area contributed by atoms with E-state index < -0.39 is 30.3 Å². The summed E-state index contributed by atoms with van der Waals surface area (Å²) in [4.78, 5) is 28.2. The average molecular weight is 435 g/mol. The molecule has 0 aliphatic carbocycles. The van der Waals surface area contributed by atoms with Crippen molar-refractivity contribution in [2.75, 3.05) is 19.6 Å². The molecule has 0 fully saturated rings. The van der Waals surface area contributed by atoms with E-state index in [4.69, 9.17) is 50.5 Å². The van der Waals surface area contributed by atoms with Gasteiger partial charge in [0.25, 0.3) is 0 Å². The van der Waals surface area contributed by atoms with Gasteiger partial charge in [0.1, 0.15) is 18.3 Å². The summed E-state index contributed by atoms with van der Waals surface area (Å²) >= 11 is 0. The Balaban J connectivity index is -0.0000000497. The number of nitriles is 1. The van der Waals surface area contributed by atoms with Gasteiger partial charge in [-0.3, -0.25) is 9.59 Å². The minimum Gasteiger partial charge on any atom is -0.481 e. The molecule has 0 aliphatic rings. The Hall–Kier alpha value is -3.22. The van der Waals surface area contributed by atoms with Gasteiger partial charge < -0.3 is 40.1 Å². The quantitative estimate of drug-likeness (QED) is 0.286. The predicted octanol–water partition coefficient (Wildman–Crippen LogP) is 2.21. The number of carboxylic acid groups (broad SMARTS) is 2. The number of hydrogen-bond acceptors (Lipinski definition) is 6. The largest absolute Gasteiger partial charge is 0.481 e. The summed E-state index contributed by atoms with van der Waals surface area (Å²) < 4.78 is 0. The van der Waals surface area contributed by atoms with Crippen molar-refractivity contribution in [2.45, 2.75) is 67.3 Å². The smallest absolute Gasteiger partial charge is 0.306 e. The highest BCUT2D eigenvalue weighted by Crippen LogP contribution is 1.91. The molecule has 0 saturated carbocycles. The average Bonchev–Trinajstić information content (AvgIpc) is 2.48. The molecule has 3 atom stereocenters. The highest BCUT2D eigenvalue weighted by atomic mass is 16.4. The zero-order valence-electron chi connectivity index (χ0n) is 13.8. The molecule has 5 N–H and O–H groups in total. The van der Waals surface area contributed by atoms with E-state index in [2.05, 4.69) is 14.5 Å². The van der Waals surface area contributed by atoms with Crippen LogP contribution in [0.15, 0.2) is 0 Å². The second kappa shape index (κ2) is 33.4. The minimum atomic E-state index is -1.08. The first kappa shape index (κ1) is 45.5. The molecule has 0 spiro atoms. The van der Waals surface area contributed by atoms with Gasteiger partial charge in [0, 0.05) is 0 Å². The maximum atomic E-state index is 9.82. The van der Waals surface area contributed by atoms with E-state index in [1.165, 1.54) is 0 Å². The minimum absolute atomic E-state index is 0. The molecule has 11 nitrogen and oxygen atoms in total. The van der Waals surface area contributed by atoms with Crippen LogP contribution >= 0.6 is 0 Å². The van der Waals surface area contributed by atoms with Crippen LogP contribution in [-0.2, 0) is 9.59 Å². The van der Waals surface area contributed by atoms with Gasteiger partial charge in [-0.2, -0.15) is 5.26 Å². The standard InChI is InChI=1S/C5H6N2O.2C5H7NO3.4CH4/c1-7-4-5(8)2-3-6;2*1-6-3-4(7)2-5(8)9;;;;/h5,8H,2,4H2;2*4,7H,2-3H2,(H,8,9);4*1H4/t5-;2*4-;;;;/m010..../s1/i7+1;;6+1;;;;. The highest BCUT2D eigenvalue weighted by Gasteiger charge is 2.11. The molecule has 0 amide bonds. The molecule has 0 aromatic rings. The van der Waals surface area contributed by atoms with Crippen LogP contribution in [-0.4, -0.2) is 75.4 Å². The van der Waals surface area contributed by atoms with E-state index in [9.17, 15) is 9.59 Å². The lowest BCUT2D eigenvalue weighted by Crippen LogP contribution is -2.14. The Kier molecular flexibility index (Phi) is 50.6. The van der Waals surface area contributed by atoms with E-state index in [0.717, 1.165) is 0 Å². The monoisotopic (exact) mass is 434 g/mol. The van der Waals surface area contributed by atoms with Gasteiger partial charge in [0.2, 0.25) is 19.6 Å². The molecule has 0 rings (SSSR count). The maximum absolute atomic E-state index is 9.82. The number of carboxylic acids is 2. The molecule has 0 radical (unpaired) electrons. The van der Waals surface area contributed by atoms with Crippen molar-refractivity contribution in [3.63, 3.8) is 0 Å². The maximum Gasteiger partial charge on any atom is 0.306 e. The molecule has 0 heterocycles. The van der Waals surface area contributed by atoms with Crippen LogP contribution in [0.5, 0.6) is 0 Å². The summed E-state index contributed by atoms with van der Waals surface area (Å²) in [6.07, 6.45) is -3.41. The fraction of sp³-hybridized carbons (Fsp3) is 0.684. The van der Waals surface area contributed by atoms with Crippen LogP contribution in [0, 0.1) is 31.0 Å². The Morgan fingerprint density at radius 3 is 1.20 bits per heavy atom. The predicted molar refractivity (Wildman–Crippen MR) is 114 cm³/mol. The summed E-state index contributed by atoms with van der Waals surface area (Å²) in [7, 11) is 0. The molecule has 0 aliphatic heterocycles. The van der Waals surface area contributed by atoms with Gasteiger partial charge in [0.15, 0.2) is 0 Å². The molecule has 0 saturated heterocycles. The first-order valence-corrected chi connectivity index (χ1v) is 6.98. The molecule has 11 heteroatoms. The summed E-state index contributed by atoms with van der Waals surface area (Å²) in [5, 5.41) is 49.9. The zero-order chi connectivity index (χ0) is 21.0. The molecule has 0 aromatic heterocycles. The van der Waals surface area contributed by atoms with Crippen molar-refractivity contribution in [3.05, 3.63) is 34.3 Å². The molecule has 0 aromatic carbocycles. The fourth-order valence-electron chi connectivity index (χ4n) is 1.02. The lowest BCUT2D eigenvalue weighted by Gasteiger charge is -1.96. The second-order valence-electron chi connectivity index (χ2n) is 4.54. The summed E-state index contributed by atoms with van der Waals surface area (Å²) in [5.41, 5.74) is 0. The number of aliphatic carboxylic acids is 2. The van der Waals surface area contributed by atoms with Gasteiger partial charge in [-0.15, -0.1) is 0 Å². The third-order valence-electron chi connectivity index (χ3n) is 2.05. The van der Waals surface area contributed by atoms with Crippen LogP contribution < -0.4 is 0 Å². The lowest BCUT2D eigenvalue weighted by atomic mass is 10.3. The van der Waals surface area contributed by atoms with Gasteiger partial charge in [-0.25, -0.2) is 19.7 Å². The summed E-state index contributed by atoms with van der Waals surface area (Å²) in [6.45, 7) is 18.5. The first-order chi connectivity index (χ1) is 12.1. The van der Waals surface area contributed by atoms with Crippen LogP contribution in [0.3, 0.4) is 0 Å². The Morgan fingerprint density at radius 1 is 0.733 bits per heavy atom. The van der Waals surface area contributed by atoms with E-state index >= 15 is 0 Å². The van der Waals surface area contributed by atoms with Crippen LogP contribution in [0.4, 0.5) is 0 Å². The van der Waals surface area contributed by atoms with Crippen molar-refractivity contribution in [1.29, 1.82) is 5.26 Å². The van der Waals surface area contributed by atoms with Gasteiger partial charge in [0.05, 0.1) is 25.3 Å². The Morgan fingerprint density at radius 2 is 1.00 bits per heavy atom. The Labute approximate surface area is 180 Å².